The van der Waals surface area contributed by atoms with Crippen molar-refractivity contribution in [3.8, 4) is 5.75 Å². The van der Waals surface area contributed by atoms with Crippen molar-refractivity contribution < 1.29 is 9.47 Å². The zero-order chi connectivity index (χ0) is 13.2. The summed E-state index contributed by atoms with van der Waals surface area (Å²) in [6, 6.07) is 6.48. The summed E-state index contributed by atoms with van der Waals surface area (Å²) >= 11 is 3.52. The third kappa shape index (κ3) is 2.56. The number of halogens is 1. The predicted octanol–water partition coefficient (Wildman–Crippen LogP) is 3.29. The lowest BCUT2D eigenvalue weighted by atomic mass is 9.86. The van der Waals surface area contributed by atoms with Gasteiger partial charge in [-0.1, -0.05) is 22.9 Å². The maximum Gasteiger partial charge on any atom is 0.134 e. The molecule has 1 N–H and O–H groups in total. The fraction of sp³-hybridized carbons (Fsp3) is 0.571. The minimum atomic E-state index is -0.219. The van der Waals surface area contributed by atoms with Gasteiger partial charge in [-0.3, -0.25) is 0 Å². The van der Waals surface area contributed by atoms with E-state index in [2.05, 4.69) is 34.2 Å². The molecule has 1 heterocycles. The molecular weight excluding hydrogens is 294 g/mol. The predicted molar refractivity (Wildman–Crippen MR) is 76.1 cm³/mol. The smallest absolute Gasteiger partial charge is 0.134 e. The standard InChI is InChI=1S/C14H20BrNO2/c1-4-14(9-17-3)8-12(16-2)11-7-10(15)5-6-13(11)18-14/h5-7,12,16H,4,8-9H2,1-3H3. The quantitative estimate of drug-likeness (QED) is 0.925. The molecule has 1 aliphatic heterocycles. The van der Waals surface area contributed by atoms with Gasteiger partial charge in [0.15, 0.2) is 0 Å². The molecule has 0 bridgehead atoms. The highest BCUT2D eigenvalue weighted by atomic mass is 79.9. The molecule has 2 rings (SSSR count). The van der Waals surface area contributed by atoms with Gasteiger partial charge in [0.05, 0.1) is 6.61 Å². The Morgan fingerprint density at radius 3 is 2.94 bits per heavy atom. The van der Waals surface area contributed by atoms with Crippen molar-refractivity contribution in [1.29, 1.82) is 0 Å². The molecule has 1 aromatic carbocycles. The first kappa shape index (κ1) is 13.8. The van der Waals surface area contributed by atoms with Gasteiger partial charge in [0.2, 0.25) is 0 Å². The molecule has 2 atom stereocenters. The normalized spacial score (nSPS) is 26.6. The molecule has 0 spiro atoms. The average molecular weight is 314 g/mol. The summed E-state index contributed by atoms with van der Waals surface area (Å²) in [5.41, 5.74) is 0.996. The van der Waals surface area contributed by atoms with E-state index < -0.39 is 0 Å². The van der Waals surface area contributed by atoms with Crippen LogP contribution in [0.25, 0.3) is 0 Å². The van der Waals surface area contributed by atoms with Gasteiger partial charge in [-0.2, -0.15) is 0 Å². The lowest BCUT2D eigenvalue weighted by Crippen LogP contribution is -2.46. The molecular formula is C14H20BrNO2. The summed E-state index contributed by atoms with van der Waals surface area (Å²) < 4.78 is 12.6. The Kier molecular flexibility index (Phi) is 4.30. The Labute approximate surface area is 117 Å². The molecule has 0 saturated heterocycles. The van der Waals surface area contributed by atoms with Crippen LogP contribution >= 0.6 is 15.9 Å². The SMILES string of the molecule is CCC1(COC)CC(NC)c2cc(Br)ccc2O1. The van der Waals surface area contributed by atoms with Gasteiger partial charge in [-0.25, -0.2) is 0 Å². The van der Waals surface area contributed by atoms with E-state index in [1.807, 2.05) is 19.2 Å². The van der Waals surface area contributed by atoms with E-state index in [9.17, 15) is 0 Å². The highest BCUT2D eigenvalue weighted by Crippen LogP contribution is 2.42. The van der Waals surface area contributed by atoms with Crippen LogP contribution in [0.4, 0.5) is 0 Å². The Morgan fingerprint density at radius 1 is 1.56 bits per heavy atom. The van der Waals surface area contributed by atoms with Crippen LogP contribution in [0.2, 0.25) is 0 Å². The third-order valence-electron chi connectivity index (χ3n) is 3.65. The summed E-state index contributed by atoms with van der Waals surface area (Å²) in [5, 5.41) is 3.38. The molecule has 2 unspecified atom stereocenters. The first-order valence-corrected chi connectivity index (χ1v) is 7.08. The van der Waals surface area contributed by atoms with Gasteiger partial charge in [0, 0.05) is 29.6 Å². The lowest BCUT2D eigenvalue weighted by molar-refractivity contribution is -0.0364. The first-order chi connectivity index (χ1) is 8.64. The van der Waals surface area contributed by atoms with Crippen molar-refractivity contribution in [3.05, 3.63) is 28.2 Å². The molecule has 0 fully saturated rings. The molecule has 100 valence electrons. The minimum Gasteiger partial charge on any atom is -0.484 e. The topological polar surface area (TPSA) is 30.5 Å². The third-order valence-corrected chi connectivity index (χ3v) is 4.14. The van der Waals surface area contributed by atoms with Crippen LogP contribution in [-0.2, 0) is 4.74 Å². The fourth-order valence-electron chi connectivity index (χ4n) is 2.57. The van der Waals surface area contributed by atoms with E-state index in [0.29, 0.717) is 12.6 Å². The monoisotopic (exact) mass is 313 g/mol. The van der Waals surface area contributed by atoms with Crippen LogP contribution < -0.4 is 10.1 Å². The number of nitrogens with one attached hydrogen (secondary N) is 1. The number of ether oxygens (including phenoxy) is 2. The summed E-state index contributed by atoms with van der Waals surface area (Å²) in [4.78, 5) is 0. The van der Waals surface area contributed by atoms with E-state index in [-0.39, 0.29) is 5.60 Å². The van der Waals surface area contributed by atoms with Gasteiger partial charge >= 0.3 is 0 Å². The lowest BCUT2D eigenvalue weighted by Gasteiger charge is -2.41. The van der Waals surface area contributed by atoms with E-state index in [0.717, 1.165) is 23.1 Å². The van der Waals surface area contributed by atoms with E-state index >= 15 is 0 Å². The van der Waals surface area contributed by atoms with Gasteiger partial charge in [0.1, 0.15) is 11.4 Å². The second-order valence-electron chi connectivity index (χ2n) is 4.80. The molecule has 4 heteroatoms. The molecule has 0 radical (unpaired) electrons. The number of benzene rings is 1. The highest BCUT2D eigenvalue weighted by molar-refractivity contribution is 9.10. The molecule has 1 aromatic rings. The number of fused-ring (bicyclic) bond motifs is 1. The number of rotatable bonds is 4. The highest BCUT2D eigenvalue weighted by Gasteiger charge is 2.39. The number of hydrogen-bond acceptors (Lipinski definition) is 3. The molecule has 3 nitrogen and oxygen atoms in total. The summed E-state index contributed by atoms with van der Waals surface area (Å²) in [6.45, 7) is 2.77. The molecule has 1 aliphatic rings. The summed E-state index contributed by atoms with van der Waals surface area (Å²) in [6.07, 6.45) is 1.87. The van der Waals surface area contributed by atoms with Crippen LogP contribution in [0.3, 0.4) is 0 Å². The minimum absolute atomic E-state index is 0.219. The van der Waals surface area contributed by atoms with Crippen molar-refractivity contribution >= 4 is 15.9 Å². The van der Waals surface area contributed by atoms with Crippen molar-refractivity contribution in [2.75, 3.05) is 20.8 Å². The number of hydrogen-bond donors (Lipinski definition) is 1. The molecule has 0 saturated carbocycles. The molecule has 18 heavy (non-hydrogen) atoms. The molecule has 0 aromatic heterocycles. The summed E-state index contributed by atoms with van der Waals surface area (Å²) in [5.74, 6) is 0.961. The second-order valence-corrected chi connectivity index (χ2v) is 5.71. The van der Waals surface area contributed by atoms with Crippen LogP contribution in [0, 0.1) is 0 Å². The van der Waals surface area contributed by atoms with Crippen LogP contribution in [-0.4, -0.2) is 26.4 Å². The van der Waals surface area contributed by atoms with E-state index in [1.165, 1.54) is 5.56 Å². The zero-order valence-electron chi connectivity index (χ0n) is 11.1. The largest absolute Gasteiger partial charge is 0.484 e. The van der Waals surface area contributed by atoms with Crippen molar-refractivity contribution in [1.82, 2.24) is 5.32 Å². The average Bonchev–Trinajstić information content (AvgIpc) is 2.38. The Bertz CT molecular complexity index is 424. The zero-order valence-corrected chi connectivity index (χ0v) is 12.7. The van der Waals surface area contributed by atoms with Crippen LogP contribution in [0.5, 0.6) is 5.75 Å². The number of methoxy groups -OCH3 is 1. The van der Waals surface area contributed by atoms with Crippen molar-refractivity contribution in [3.63, 3.8) is 0 Å². The van der Waals surface area contributed by atoms with E-state index in [4.69, 9.17) is 9.47 Å². The van der Waals surface area contributed by atoms with Crippen molar-refractivity contribution in [2.24, 2.45) is 0 Å². The fourth-order valence-corrected chi connectivity index (χ4v) is 2.95. The van der Waals surface area contributed by atoms with Crippen molar-refractivity contribution in [2.45, 2.75) is 31.4 Å². The first-order valence-electron chi connectivity index (χ1n) is 6.29. The van der Waals surface area contributed by atoms with Gasteiger partial charge in [-0.15, -0.1) is 0 Å². The maximum absolute atomic E-state index is 6.21. The van der Waals surface area contributed by atoms with E-state index in [1.54, 1.807) is 7.11 Å². The van der Waals surface area contributed by atoms with Crippen LogP contribution in [0.1, 0.15) is 31.4 Å². The van der Waals surface area contributed by atoms with Gasteiger partial charge in [0.25, 0.3) is 0 Å². The van der Waals surface area contributed by atoms with Crippen LogP contribution in [0.15, 0.2) is 22.7 Å². The Hall–Kier alpha value is -0.580. The maximum atomic E-state index is 6.21. The van der Waals surface area contributed by atoms with Gasteiger partial charge in [-0.05, 0) is 31.7 Å². The Balaban J connectivity index is 2.38. The summed E-state index contributed by atoms with van der Waals surface area (Å²) in [7, 11) is 3.72. The molecule has 0 amide bonds. The second kappa shape index (κ2) is 5.59. The molecule has 0 aliphatic carbocycles. The van der Waals surface area contributed by atoms with Gasteiger partial charge < -0.3 is 14.8 Å². The Morgan fingerprint density at radius 2 is 2.33 bits per heavy atom.